The predicted molar refractivity (Wildman–Crippen MR) is 112 cm³/mol. The number of carbonyl (C=O) groups excluding carboxylic acids is 1. The van der Waals surface area contributed by atoms with Crippen molar-refractivity contribution in [2.75, 3.05) is 20.0 Å². The number of carbonyl (C=O) groups is 1. The van der Waals surface area contributed by atoms with Gasteiger partial charge in [0.05, 0.1) is 26.0 Å². The van der Waals surface area contributed by atoms with E-state index >= 15 is 0 Å². The molecule has 2 aromatic carbocycles. The van der Waals surface area contributed by atoms with E-state index in [1.54, 1.807) is 14.2 Å². The minimum atomic E-state index is -0.0301. The van der Waals surface area contributed by atoms with Gasteiger partial charge in [0.25, 0.3) is 0 Å². The van der Waals surface area contributed by atoms with Gasteiger partial charge in [-0.25, -0.2) is 0 Å². The Morgan fingerprint density at radius 2 is 1.67 bits per heavy atom. The summed E-state index contributed by atoms with van der Waals surface area (Å²) in [5.74, 6) is 1.69. The van der Waals surface area contributed by atoms with Crippen molar-refractivity contribution in [3.8, 4) is 11.5 Å². The van der Waals surface area contributed by atoms with E-state index in [4.69, 9.17) is 9.47 Å². The summed E-state index contributed by atoms with van der Waals surface area (Å²) >= 11 is 1.47. The van der Waals surface area contributed by atoms with Gasteiger partial charge in [-0.05, 0) is 41.7 Å². The molecule has 1 atom stereocenters. The first kappa shape index (κ1) is 21.2. The second kappa shape index (κ2) is 9.18. The molecule has 0 bridgehead atoms. The summed E-state index contributed by atoms with van der Waals surface area (Å²) in [5, 5.41) is 3.06. The molecule has 0 aliphatic rings. The highest BCUT2D eigenvalue weighted by molar-refractivity contribution is 8.00. The average Bonchev–Trinajstić information content (AvgIpc) is 2.65. The lowest BCUT2D eigenvalue weighted by atomic mass is 9.86. The van der Waals surface area contributed by atoms with Gasteiger partial charge in [0, 0.05) is 4.90 Å². The van der Waals surface area contributed by atoms with Crippen LogP contribution in [-0.2, 0) is 10.2 Å². The molecule has 0 aromatic heterocycles. The Morgan fingerprint density at radius 1 is 1.04 bits per heavy atom. The normalized spacial score (nSPS) is 12.4. The maximum Gasteiger partial charge on any atom is 0.230 e. The summed E-state index contributed by atoms with van der Waals surface area (Å²) in [6.45, 7) is 8.58. The molecule has 1 N–H and O–H groups in total. The van der Waals surface area contributed by atoms with E-state index in [9.17, 15) is 4.79 Å². The maximum atomic E-state index is 12.3. The number of thioether (sulfide) groups is 1. The molecule has 0 aliphatic heterocycles. The first-order chi connectivity index (χ1) is 12.7. The van der Waals surface area contributed by atoms with Crippen molar-refractivity contribution in [1.29, 1.82) is 0 Å². The fourth-order valence-electron chi connectivity index (χ4n) is 2.69. The summed E-state index contributed by atoms with van der Waals surface area (Å²) in [6, 6.07) is 14.1. The average molecular weight is 388 g/mol. The fourth-order valence-corrected chi connectivity index (χ4v) is 3.43. The number of benzene rings is 2. The van der Waals surface area contributed by atoms with Gasteiger partial charge in [-0.15, -0.1) is 11.8 Å². The second-order valence-corrected chi connectivity index (χ2v) is 8.52. The minimum absolute atomic E-state index is 0.00202. The lowest BCUT2D eigenvalue weighted by molar-refractivity contribution is -0.119. The quantitative estimate of drug-likeness (QED) is 0.681. The molecule has 27 heavy (non-hydrogen) atoms. The molecule has 0 radical (unpaired) electrons. The van der Waals surface area contributed by atoms with Gasteiger partial charge in [-0.2, -0.15) is 0 Å². The Bertz CT molecular complexity index is 766. The van der Waals surface area contributed by atoms with Crippen LogP contribution in [0.15, 0.2) is 47.4 Å². The lowest BCUT2D eigenvalue weighted by Gasteiger charge is -2.20. The van der Waals surface area contributed by atoms with Crippen LogP contribution in [-0.4, -0.2) is 25.9 Å². The molecular weight excluding hydrogens is 358 g/mol. The molecule has 2 rings (SSSR count). The molecule has 5 heteroatoms. The lowest BCUT2D eigenvalue weighted by Crippen LogP contribution is -2.28. The van der Waals surface area contributed by atoms with Gasteiger partial charge in [-0.3, -0.25) is 4.79 Å². The van der Waals surface area contributed by atoms with Crippen molar-refractivity contribution >= 4 is 17.7 Å². The topological polar surface area (TPSA) is 47.6 Å². The van der Waals surface area contributed by atoms with Crippen molar-refractivity contribution in [2.24, 2.45) is 0 Å². The Hall–Kier alpha value is -2.14. The van der Waals surface area contributed by atoms with Crippen molar-refractivity contribution in [3.05, 3.63) is 53.6 Å². The first-order valence-electron chi connectivity index (χ1n) is 8.99. The summed E-state index contributed by atoms with van der Waals surface area (Å²) in [6.07, 6.45) is 0. The van der Waals surface area contributed by atoms with Crippen molar-refractivity contribution < 1.29 is 14.3 Å². The third kappa shape index (κ3) is 5.93. The van der Waals surface area contributed by atoms with Gasteiger partial charge in [-0.1, -0.05) is 45.0 Å². The molecule has 4 nitrogen and oxygen atoms in total. The zero-order valence-corrected chi connectivity index (χ0v) is 17.8. The van der Waals surface area contributed by atoms with Crippen LogP contribution in [0.4, 0.5) is 0 Å². The fraction of sp³-hybridized carbons (Fsp3) is 0.409. The molecular formula is C22H29NO3S. The molecule has 0 saturated heterocycles. The van der Waals surface area contributed by atoms with E-state index < -0.39 is 0 Å². The maximum absolute atomic E-state index is 12.3. The van der Waals surface area contributed by atoms with E-state index in [1.807, 2.05) is 25.1 Å². The molecule has 0 heterocycles. The number of hydrogen-bond donors (Lipinski definition) is 1. The Labute approximate surface area is 166 Å². The Kier molecular flexibility index (Phi) is 7.19. The highest BCUT2D eigenvalue weighted by Gasteiger charge is 2.15. The SMILES string of the molecule is COc1ccc(SCC(=O)N[C@H](C)c2ccc(C(C)(C)C)cc2)cc1OC. The largest absolute Gasteiger partial charge is 0.493 e. The van der Waals surface area contributed by atoms with E-state index in [0.29, 0.717) is 17.3 Å². The van der Waals surface area contributed by atoms with Crippen LogP contribution < -0.4 is 14.8 Å². The van der Waals surface area contributed by atoms with Gasteiger partial charge in [0.15, 0.2) is 11.5 Å². The molecule has 0 aliphatic carbocycles. The Morgan fingerprint density at radius 3 is 2.22 bits per heavy atom. The molecule has 0 spiro atoms. The third-order valence-electron chi connectivity index (χ3n) is 4.38. The van der Waals surface area contributed by atoms with Crippen LogP contribution in [0.5, 0.6) is 11.5 Å². The summed E-state index contributed by atoms with van der Waals surface area (Å²) in [5.41, 5.74) is 2.52. The predicted octanol–water partition coefficient (Wildman–Crippen LogP) is 4.97. The van der Waals surface area contributed by atoms with Crippen molar-refractivity contribution in [2.45, 2.75) is 44.0 Å². The molecule has 0 saturated carbocycles. The van der Waals surface area contributed by atoms with Gasteiger partial charge in [0.2, 0.25) is 5.91 Å². The molecule has 2 aromatic rings. The number of nitrogens with one attached hydrogen (secondary N) is 1. The smallest absolute Gasteiger partial charge is 0.230 e. The highest BCUT2D eigenvalue weighted by Crippen LogP contribution is 2.32. The number of methoxy groups -OCH3 is 2. The number of amides is 1. The van der Waals surface area contributed by atoms with Gasteiger partial charge in [0.1, 0.15) is 0 Å². The number of ether oxygens (including phenoxy) is 2. The van der Waals surface area contributed by atoms with Crippen LogP contribution in [0.2, 0.25) is 0 Å². The Balaban J connectivity index is 1.91. The van der Waals surface area contributed by atoms with Crippen LogP contribution >= 0.6 is 11.8 Å². The van der Waals surface area contributed by atoms with Crippen LogP contribution in [0, 0.1) is 0 Å². The molecule has 0 unspecified atom stereocenters. The van der Waals surface area contributed by atoms with E-state index in [0.717, 1.165) is 10.5 Å². The minimum Gasteiger partial charge on any atom is -0.493 e. The van der Waals surface area contributed by atoms with Crippen LogP contribution in [0.1, 0.15) is 44.9 Å². The highest BCUT2D eigenvalue weighted by atomic mass is 32.2. The van der Waals surface area contributed by atoms with E-state index in [-0.39, 0.29) is 17.4 Å². The number of hydrogen-bond acceptors (Lipinski definition) is 4. The third-order valence-corrected chi connectivity index (χ3v) is 5.37. The standard InChI is InChI=1S/C22H29NO3S/c1-15(16-7-9-17(10-8-16)22(2,3)4)23-21(24)14-27-18-11-12-19(25-5)20(13-18)26-6/h7-13,15H,14H2,1-6H3,(H,23,24)/t15-/m1/s1. The zero-order chi connectivity index (χ0) is 20.0. The summed E-state index contributed by atoms with van der Waals surface area (Å²) in [4.78, 5) is 13.3. The first-order valence-corrected chi connectivity index (χ1v) is 9.97. The van der Waals surface area contributed by atoms with Crippen molar-refractivity contribution in [1.82, 2.24) is 5.32 Å². The monoisotopic (exact) mass is 387 g/mol. The van der Waals surface area contributed by atoms with Gasteiger partial charge >= 0.3 is 0 Å². The zero-order valence-electron chi connectivity index (χ0n) is 17.0. The van der Waals surface area contributed by atoms with Crippen LogP contribution in [0.25, 0.3) is 0 Å². The van der Waals surface area contributed by atoms with E-state index in [1.165, 1.54) is 17.3 Å². The molecule has 0 fully saturated rings. The van der Waals surface area contributed by atoms with Gasteiger partial charge < -0.3 is 14.8 Å². The van der Waals surface area contributed by atoms with Crippen LogP contribution in [0.3, 0.4) is 0 Å². The molecule has 146 valence electrons. The summed E-state index contributed by atoms with van der Waals surface area (Å²) < 4.78 is 10.5. The second-order valence-electron chi connectivity index (χ2n) is 7.47. The number of rotatable bonds is 7. The van der Waals surface area contributed by atoms with Crippen molar-refractivity contribution in [3.63, 3.8) is 0 Å². The summed E-state index contributed by atoms with van der Waals surface area (Å²) in [7, 11) is 3.21. The molecule has 1 amide bonds. The van der Waals surface area contributed by atoms with E-state index in [2.05, 4.69) is 50.4 Å².